The van der Waals surface area contributed by atoms with Gasteiger partial charge in [-0.2, -0.15) is 0 Å². The van der Waals surface area contributed by atoms with E-state index in [9.17, 15) is 22.8 Å². The Hall–Kier alpha value is -4.23. The minimum atomic E-state index is -4.07. The van der Waals surface area contributed by atoms with Crippen LogP contribution in [0.1, 0.15) is 28.8 Å². The third-order valence-electron chi connectivity index (χ3n) is 5.65. The molecule has 4 amide bonds. The average molecular weight is 587 g/mol. The van der Waals surface area contributed by atoms with Crippen molar-refractivity contribution in [3.63, 3.8) is 0 Å². The monoisotopic (exact) mass is 586 g/mol. The van der Waals surface area contributed by atoms with Crippen LogP contribution in [0.3, 0.4) is 0 Å². The van der Waals surface area contributed by atoms with Crippen molar-refractivity contribution in [3.05, 3.63) is 83.9 Å². The molecule has 0 aromatic heterocycles. The van der Waals surface area contributed by atoms with E-state index in [0.717, 1.165) is 5.56 Å². The van der Waals surface area contributed by atoms with Gasteiger partial charge in [-0.15, -0.1) is 0 Å². The van der Waals surface area contributed by atoms with Gasteiger partial charge >= 0.3 is 18.0 Å². The molecular weight excluding hydrogens is 556 g/mol. The summed E-state index contributed by atoms with van der Waals surface area (Å²) < 4.78 is 39.5. The minimum Gasteiger partial charge on any atom is -0.497 e. The van der Waals surface area contributed by atoms with Crippen LogP contribution >= 0.6 is 12.8 Å². The fourth-order valence-corrected chi connectivity index (χ4v) is 4.60. The van der Waals surface area contributed by atoms with Crippen LogP contribution < -0.4 is 24.4 Å². The number of amides is 4. The number of methoxy groups -OCH3 is 1. The average Bonchev–Trinajstić information content (AvgIpc) is 2.94. The number of ether oxygens (including phenoxy) is 2. The number of carbonyl (C=O) groups is 3. The van der Waals surface area contributed by atoms with Crippen molar-refractivity contribution < 1.29 is 32.3 Å². The molecule has 11 nitrogen and oxygen atoms in total. The molecule has 0 saturated heterocycles. The quantitative estimate of drug-likeness (QED) is 0.147. The van der Waals surface area contributed by atoms with Crippen molar-refractivity contribution in [2.75, 3.05) is 30.5 Å². The molecule has 0 bridgehead atoms. The van der Waals surface area contributed by atoms with E-state index < -0.39 is 28.1 Å². The van der Waals surface area contributed by atoms with Crippen molar-refractivity contribution in [3.8, 4) is 5.75 Å². The number of carbonyl (C=O) groups excluding carboxylic acids is 3. The summed E-state index contributed by atoms with van der Waals surface area (Å²) in [4.78, 5) is 38.5. The standard InChI is InChI=1S/C27H30N4O7S2/c1-19-8-14-24(15-9-19)40(35,36)30-26(33)28-21-7-5-6-20(18-21)25(32)38-17-4-3-16-31(27(34)29-39)22-10-12-23(37-2)13-11-22/h5-15,18,39H,3-4,16-17H2,1-2H3,(H,29,34)(H2,28,30,33). The van der Waals surface area contributed by atoms with Crippen LogP contribution in [0.15, 0.2) is 77.7 Å². The van der Waals surface area contributed by atoms with Crippen molar-refractivity contribution in [2.45, 2.75) is 24.7 Å². The first-order valence-electron chi connectivity index (χ1n) is 12.2. The first-order chi connectivity index (χ1) is 19.1. The zero-order valence-electron chi connectivity index (χ0n) is 21.9. The van der Waals surface area contributed by atoms with Gasteiger partial charge in [0.15, 0.2) is 0 Å². The Morgan fingerprint density at radius 1 is 0.950 bits per heavy atom. The van der Waals surface area contributed by atoms with E-state index in [2.05, 4.69) is 22.9 Å². The summed E-state index contributed by atoms with van der Waals surface area (Å²) in [7, 11) is -2.51. The smallest absolute Gasteiger partial charge is 0.338 e. The van der Waals surface area contributed by atoms with E-state index in [1.807, 2.05) is 11.6 Å². The highest BCUT2D eigenvalue weighted by Crippen LogP contribution is 2.20. The minimum absolute atomic E-state index is 0.0519. The van der Waals surface area contributed by atoms with Gasteiger partial charge in [-0.05, 0) is 74.4 Å². The maximum atomic E-state index is 12.5. The summed E-state index contributed by atoms with van der Waals surface area (Å²) in [5.74, 6) is 0.0468. The number of hydrogen-bond donors (Lipinski definition) is 4. The van der Waals surface area contributed by atoms with Gasteiger partial charge < -0.3 is 14.8 Å². The molecule has 0 atom stereocenters. The van der Waals surface area contributed by atoms with E-state index >= 15 is 0 Å². The van der Waals surface area contributed by atoms with E-state index in [1.54, 1.807) is 43.5 Å². The number of thiol groups is 1. The molecular formula is C27H30N4O7S2. The molecule has 13 heteroatoms. The Kier molecular flexibility index (Phi) is 10.8. The van der Waals surface area contributed by atoms with Crippen molar-refractivity contribution in [1.29, 1.82) is 0 Å². The molecule has 0 radical (unpaired) electrons. The summed E-state index contributed by atoms with van der Waals surface area (Å²) in [5, 5.41) is 2.41. The molecule has 212 valence electrons. The molecule has 3 aromatic rings. The second-order valence-corrected chi connectivity index (χ2v) is 10.5. The first kappa shape index (κ1) is 30.3. The lowest BCUT2D eigenvalue weighted by Gasteiger charge is -2.22. The van der Waals surface area contributed by atoms with Gasteiger partial charge in [0.2, 0.25) is 0 Å². The lowest BCUT2D eigenvalue weighted by molar-refractivity contribution is 0.0499. The molecule has 0 aliphatic rings. The number of urea groups is 2. The zero-order valence-corrected chi connectivity index (χ0v) is 23.6. The molecule has 3 N–H and O–H groups in total. The Bertz CT molecular complexity index is 1430. The number of unbranched alkanes of at least 4 members (excludes halogenated alkanes) is 1. The third kappa shape index (κ3) is 8.64. The van der Waals surface area contributed by atoms with Crippen molar-refractivity contribution in [1.82, 2.24) is 9.44 Å². The molecule has 3 rings (SSSR count). The highest BCUT2D eigenvalue weighted by molar-refractivity contribution is 7.90. The number of esters is 1. The highest BCUT2D eigenvalue weighted by atomic mass is 32.2. The molecule has 0 unspecified atom stereocenters. The van der Waals surface area contributed by atoms with Crippen LogP contribution in [0.5, 0.6) is 5.75 Å². The van der Waals surface area contributed by atoms with E-state index in [-0.39, 0.29) is 22.8 Å². The van der Waals surface area contributed by atoms with Gasteiger partial charge in [-0.3, -0.25) is 9.62 Å². The number of anilines is 2. The highest BCUT2D eigenvalue weighted by Gasteiger charge is 2.18. The molecule has 3 aromatic carbocycles. The molecule has 0 aliphatic carbocycles. The topological polar surface area (TPSA) is 143 Å². The summed E-state index contributed by atoms with van der Waals surface area (Å²) in [6.07, 6.45) is 1.02. The van der Waals surface area contributed by atoms with Gasteiger partial charge in [0.25, 0.3) is 10.0 Å². The number of sulfonamides is 1. The molecule has 40 heavy (non-hydrogen) atoms. The Balaban J connectivity index is 1.49. The van der Waals surface area contributed by atoms with Crippen LogP contribution in [0.2, 0.25) is 0 Å². The maximum absolute atomic E-state index is 12.5. The van der Waals surface area contributed by atoms with E-state index in [1.165, 1.54) is 41.3 Å². The lowest BCUT2D eigenvalue weighted by atomic mass is 10.2. The molecule has 0 aliphatic heterocycles. The number of nitrogens with zero attached hydrogens (tertiary/aromatic N) is 1. The SMILES string of the molecule is COc1ccc(N(CCCCOC(=O)c2cccc(NC(=O)NS(=O)(=O)c3ccc(C)cc3)c2)C(=O)NS)cc1. The number of aryl methyl sites for hydroxylation is 1. The van der Waals surface area contributed by atoms with Crippen LogP contribution in [0, 0.1) is 6.92 Å². The van der Waals surface area contributed by atoms with Crippen LogP contribution in [0.25, 0.3) is 0 Å². The van der Waals surface area contributed by atoms with Gasteiger partial charge in [0.1, 0.15) is 5.75 Å². The second kappa shape index (κ2) is 14.2. The fourth-order valence-electron chi connectivity index (χ4n) is 3.57. The largest absolute Gasteiger partial charge is 0.497 e. The molecule has 0 saturated carbocycles. The normalized spacial score (nSPS) is 10.8. The predicted octanol–water partition coefficient (Wildman–Crippen LogP) is 4.51. The molecule has 0 spiro atoms. The Morgan fingerprint density at radius 2 is 1.65 bits per heavy atom. The summed E-state index contributed by atoms with van der Waals surface area (Å²) in [6.45, 7) is 2.28. The lowest BCUT2D eigenvalue weighted by Crippen LogP contribution is -2.36. The summed E-state index contributed by atoms with van der Waals surface area (Å²) in [6, 6.07) is 17.6. The predicted molar refractivity (Wildman–Crippen MR) is 154 cm³/mol. The fraction of sp³-hybridized carbons (Fsp3) is 0.222. The number of benzene rings is 3. The third-order valence-corrected chi connectivity index (χ3v) is 7.19. The summed E-state index contributed by atoms with van der Waals surface area (Å²) >= 11 is 3.85. The Morgan fingerprint density at radius 3 is 2.30 bits per heavy atom. The first-order valence-corrected chi connectivity index (χ1v) is 14.1. The van der Waals surface area contributed by atoms with Gasteiger partial charge in [0.05, 0.1) is 24.2 Å². The van der Waals surface area contributed by atoms with Crippen molar-refractivity contribution in [2.24, 2.45) is 0 Å². The van der Waals surface area contributed by atoms with Crippen LogP contribution in [0.4, 0.5) is 21.0 Å². The zero-order chi connectivity index (χ0) is 29.1. The van der Waals surface area contributed by atoms with Gasteiger partial charge in [-0.25, -0.2) is 27.5 Å². The molecule has 0 fully saturated rings. The summed E-state index contributed by atoms with van der Waals surface area (Å²) in [5.41, 5.74) is 1.92. The van der Waals surface area contributed by atoms with E-state index in [0.29, 0.717) is 30.8 Å². The molecule has 0 heterocycles. The number of rotatable bonds is 11. The Labute approximate surface area is 238 Å². The second-order valence-electron chi connectivity index (χ2n) is 8.56. The van der Waals surface area contributed by atoms with Crippen molar-refractivity contribution >= 4 is 52.2 Å². The number of nitrogens with one attached hydrogen (secondary N) is 3. The number of hydrogen-bond acceptors (Lipinski definition) is 8. The van der Waals surface area contributed by atoms with Gasteiger partial charge in [-0.1, -0.05) is 36.6 Å². The van der Waals surface area contributed by atoms with E-state index in [4.69, 9.17) is 9.47 Å². The van der Waals surface area contributed by atoms with Crippen LogP contribution in [-0.4, -0.2) is 46.7 Å². The van der Waals surface area contributed by atoms with Gasteiger partial charge in [0, 0.05) is 17.9 Å². The van der Waals surface area contributed by atoms with Crippen LogP contribution in [-0.2, 0) is 14.8 Å². The maximum Gasteiger partial charge on any atom is 0.338 e.